The fourth-order valence-corrected chi connectivity index (χ4v) is 3.11. The molecule has 0 atom stereocenters. The number of nitrogens with one attached hydrogen (secondary N) is 1. The van der Waals surface area contributed by atoms with Crippen LogP contribution in [0, 0.1) is 11.8 Å². The van der Waals surface area contributed by atoms with Crippen molar-refractivity contribution in [3.8, 4) is 0 Å². The van der Waals surface area contributed by atoms with Crippen LogP contribution in [0.5, 0.6) is 0 Å². The predicted molar refractivity (Wildman–Crippen MR) is 74.0 cm³/mol. The first-order valence-electron chi connectivity index (χ1n) is 7.91. The molecule has 3 aliphatic rings. The maximum absolute atomic E-state index is 12.4. The van der Waals surface area contributed by atoms with Crippen molar-refractivity contribution in [3.05, 3.63) is 0 Å². The molecule has 0 aromatic rings. The number of rotatable bonds is 3. The van der Waals surface area contributed by atoms with Crippen LogP contribution in [0.3, 0.4) is 0 Å². The normalized spacial score (nSPS) is 25.5. The monoisotopic (exact) mass is 280 g/mol. The van der Waals surface area contributed by atoms with E-state index in [-0.39, 0.29) is 23.7 Å². The van der Waals surface area contributed by atoms with Crippen molar-refractivity contribution < 1.29 is 14.3 Å². The van der Waals surface area contributed by atoms with Gasteiger partial charge in [0, 0.05) is 44.2 Å². The highest BCUT2D eigenvalue weighted by Gasteiger charge is 2.33. The van der Waals surface area contributed by atoms with Crippen LogP contribution < -0.4 is 5.32 Å². The third-order valence-electron chi connectivity index (χ3n) is 4.67. The van der Waals surface area contributed by atoms with Crippen molar-refractivity contribution in [2.45, 2.75) is 44.6 Å². The van der Waals surface area contributed by atoms with Gasteiger partial charge in [-0.1, -0.05) is 0 Å². The van der Waals surface area contributed by atoms with E-state index in [1.165, 1.54) is 0 Å². The van der Waals surface area contributed by atoms with E-state index in [1.807, 2.05) is 4.90 Å². The van der Waals surface area contributed by atoms with Crippen molar-refractivity contribution in [2.24, 2.45) is 11.8 Å². The van der Waals surface area contributed by atoms with E-state index in [9.17, 15) is 9.59 Å². The lowest BCUT2D eigenvalue weighted by molar-refractivity contribution is -0.141. The molecule has 0 bridgehead atoms. The van der Waals surface area contributed by atoms with Gasteiger partial charge in [-0.3, -0.25) is 9.59 Å². The maximum atomic E-state index is 12.4. The molecular weight excluding hydrogens is 256 g/mol. The minimum absolute atomic E-state index is 0.106. The summed E-state index contributed by atoms with van der Waals surface area (Å²) in [5, 5.41) is 3.07. The molecule has 0 unspecified atom stereocenters. The maximum Gasteiger partial charge on any atom is 0.225 e. The number of ether oxygens (including phenoxy) is 1. The average Bonchev–Trinajstić information content (AvgIpc) is 3.31. The first-order chi connectivity index (χ1) is 9.74. The summed E-state index contributed by atoms with van der Waals surface area (Å²) in [6, 6.07) is 0.435. The summed E-state index contributed by atoms with van der Waals surface area (Å²) in [4.78, 5) is 26.3. The third-order valence-corrected chi connectivity index (χ3v) is 4.67. The largest absolute Gasteiger partial charge is 0.381 e. The van der Waals surface area contributed by atoms with E-state index in [2.05, 4.69) is 5.32 Å². The van der Waals surface area contributed by atoms with Gasteiger partial charge in [0.25, 0.3) is 0 Å². The van der Waals surface area contributed by atoms with E-state index in [1.54, 1.807) is 0 Å². The second-order valence-corrected chi connectivity index (χ2v) is 6.27. The quantitative estimate of drug-likeness (QED) is 0.836. The van der Waals surface area contributed by atoms with Crippen LogP contribution in [-0.4, -0.2) is 49.1 Å². The molecule has 0 radical (unpaired) electrons. The van der Waals surface area contributed by atoms with Crippen LogP contribution in [0.2, 0.25) is 0 Å². The van der Waals surface area contributed by atoms with E-state index < -0.39 is 0 Å². The molecule has 2 amide bonds. The van der Waals surface area contributed by atoms with Crippen molar-refractivity contribution in [3.63, 3.8) is 0 Å². The zero-order valence-corrected chi connectivity index (χ0v) is 12.0. The van der Waals surface area contributed by atoms with Gasteiger partial charge in [0.05, 0.1) is 0 Å². The molecule has 1 N–H and O–H groups in total. The molecule has 2 aliphatic heterocycles. The van der Waals surface area contributed by atoms with Gasteiger partial charge in [-0.2, -0.15) is 0 Å². The molecule has 0 spiro atoms. The Morgan fingerprint density at radius 2 is 1.55 bits per heavy atom. The Hall–Kier alpha value is -1.10. The molecule has 5 nitrogen and oxygen atoms in total. The lowest BCUT2D eigenvalue weighted by Crippen LogP contribution is -2.46. The topological polar surface area (TPSA) is 58.6 Å². The van der Waals surface area contributed by atoms with E-state index in [4.69, 9.17) is 4.74 Å². The van der Waals surface area contributed by atoms with Gasteiger partial charge in [-0.05, 0) is 38.5 Å². The fraction of sp³-hybridized carbons (Fsp3) is 0.867. The minimum atomic E-state index is 0.106. The predicted octanol–water partition coefficient (Wildman–Crippen LogP) is 0.930. The zero-order chi connectivity index (χ0) is 13.9. The Balaban J connectivity index is 1.45. The number of piperidine rings is 1. The number of hydrogen-bond donors (Lipinski definition) is 1. The highest BCUT2D eigenvalue weighted by Crippen LogP contribution is 2.25. The number of carbonyl (C=O) groups is 2. The molecule has 2 saturated heterocycles. The molecule has 0 aromatic heterocycles. The SMILES string of the molecule is O=C(NC1CC1)C1CCN(C(=O)C2CCOCC2)CC1. The van der Waals surface area contributed by atoms with Crippen LogP contribution in [0.4, 0.5) is 0 Å². The highest BCUT2D eigenvalue weighted by molar-refractivity contribution is 5.81. The van der Waals surface area contributed by atoms with Crippen molar-refractivity contribution in [2.75, 3.05) is 26.3 Å². The van der Waals surface area contributed by atoms with Gasteiger partial charge in [0.1, 0.15) is 0 Å². The lowest BCUT2D eigenvalue weighted by Gasteiger charge is -2.34. The Morgan fingerprint density at radius 1 is 0.900 bits per heavy atom. The van der Waals surface area contributed by atoms with Gasteiger partial charge in [-0.25, -0.2) is 0 Å². The number of hydrogen-bond acceptors (Lipinski definition) is 3. The molecule has 3 rings (SSSR count). The molecule has 3 fully saturated rings. The van der Waals surface area contributed by atoms with Crippen LogP contribution in [0.15, 0.2) is 0 Å². The van der Waals surface area contributed by atoms with Crippen molar-refractivity contribution in [1.29, 1.82) is 0 Å². The molecule has 1 saturated carbocycles. The first kappa shape index (κ1) is 13.9. The van der Waals surface area contributed by atoms with Gasteiger partial charge in [0.15, 0.2) is 0 Å². The summed E-state index contributed by atoms with van der Waals surface area (Å²) >= 11 is 0. The Morgan fingerprint density at radius 3 is 2.15 bits per heavy atom. The highest BCUT2D eigenvalue weighted by atomic mass is 16.5. The van der Waals surface area contributed by atoms with Crippen LogP contribution in [-0.2, 0) is 14.3 Å². The van der Waals surface area contributed by atoms with E-state index >= 15 is 0 Å². The Bertz CT molecular complexity index is 367. The average molecular weight is 280 g/mol. The third kappa shape index (κ3) is 3.32. The molecule has 1 aliphatic carbocycles. The standard InChI is InChI=1S/C15H24N2O3/c18-14(16-13-1-2-13)11-3-7-17(8-4-11)15(19)12-5-9-20-10-6-12/h11-13H,1-10H2,(H,16,18). The summed E-state index contributed by atoms with van der Waals surface area (Å²) in [5.74, 6) is 0.718. The summed E-state index contributed by atoms with van der Waals surface area (Å²) in [6.07, 6.45) is 5.59. The molecule has 0 aromatic carbocycles. The van der Waals surface area contributed by atoms with Crippen LogP contribution >= 0.6 is 0 Å². The summed E-state index contributed by atoms with van der Waals surface area (Å²) in [6.45, 7) is 2.88. The first-order valence-corrected chi connectivity index (χ1v) is 7.91. The Kier molecular flexibility index (Phi) is 4.24. The summed E-state index contributed by atoms with van der Waals surface area (Å²) < 4.78 is 5.30. The Labute approximate surface area is 120 Å². The number of nitrogens with zero attached hydrogens (tertiary/aromatic N) is 1. The molecular formula is C15H24N2O3. The van der Waals surface area contributed by atoms with E-state index in [0.29, 0.717) is 19.3 Å². The smallest absolute Gasteiger partial charge is 0.225 e. The van der Waals surface area contributed by atoms with E-state index in [0.717, 1.165) is 51.6 Å². The summed E-state index contributed by atoms with van der Waals surface area (Å²) in [7, 11) is 0. The van der Waals surface area contributed by atoms with Gasteiger partial charge in [-0.15, -0.1) is 0 Å². The zero-order valence-electron chi connectivity index (χ0n) is 12.0. The number of likely N-dealkylation sites (tertiary alicyclic amines) is 1. The fourth-order valence-electron chi connectivity index (χ4n) is 3.11. The summed E-state index contributed by atoms with van der Waals surface area (Å²) in [5.41, 5.74) is 0. The van der Waals surface area contributed by atoms with Gasteiger partial charge >= 0.3 is 0 Å². The minimum Gasteiger partial charge on any atom is -0.381 e. The molecule has 5 heteroatoms. The van der Waals surface area contributed by atoms with Crippen LogP contribution in [0.25, 0.3) is 0 Å². The second kappa shape index (κ2) is 6.12. The van der Waals surface area contributed by atoms with Crippen molar-refractivity contribution >= 4 is 11.8 Å². The molecule has 20 heavy (non-hydrogen) atoms. The van der Waals surface area contributed by atoms with Crippen LogP contribution in [0.1, 0.15) is 38.5 Å². The molecule has 112 valence electrons. The lowest BCUT2D eigenvalue weighted by atomic mass is 9.93. The second-order valence-electron chi connectivity index (χ2n) is 6.27. The number of carbonyl (C=O) groups excluding carboxylic acids is 2. The molecule has 2 heterocycles. The van der Waals surface area contributed by atoms with Crippen molar-refractivity contribution in [1.82, 2.24) is 10.2 Å². The van der Waals surface area contributed by atoms with Gasteiger partial charge in [0.2, 0.25) is 11.8 Å². The van der Waals surface area contributed by atoms with Gasteiger partial charge < -0.3 is 15.0 Å². The number of amides is 2.